The second-order valence-electron chi connectivity index (χ2n) is 3.31. The third-order valence-electron chi connectivity index (χ3n) is 2.01. The fourth-order valence-corrected chi connectivity index (χ4v) is 1.26. The van der Waals surface area contributed by atoms with Gasteiger partial charge in [0.15, 0.2) is 0 Å². The van der Waals surface area contributed by atoms with Crippen molar-refractivity contribution in [2.24, 2.45) is 16.8 Å². The van der Waals surface area contributed by atoms with Crippen molar-refractivity contribution in [3.05, 3.63) is 28.2 Å². The molecule has 1 unspecified atom stereocenters. The molecule has 1 rings (SSSR count). The highest BCUT2D eigenvalue weighted by Crippen LogP contribution is 2.26. The monoisotopic (exact) mass is 262 g/mol. The molecule has 0 heterocycles. The van der Waals surface area contributed by atoms with E-state index in [4.69, 9.17) is 38.9 Å². The summed E-state index contributed by atoms with van der Waals surface area (Å²) in [6.07, 6.45) is 0. The molecule has 88 valence electrons. The molecular formula is C10H12Cl2N2O2. The summed E-state index contributed by atoms with van der Waals surface area (Å²) in [7, 11) is 0. The van der Waals surface area contributed by atoms with E-state index in [0.717, 1.165) is 0 Å². The first-order chi connectivity index (χ1) is 7.54. The lowest BCUT2D eigenvalue weighted by atomic mass is 10.2. The van der Waals surface area contributed by atoms with Gasteiger partial charge in [0.2, 0.25) is 0 Å². The molecular weight excluding hydrogens is 251 g/mol. The second-order valence-corrected chi connectivity index (χ2v) is 4.13. The van der Waals surface area contributed by atoms with Gasteiger partial charge in [0, 0.05) is 6.07 Å². The number of nitrogens with zero attached hydrogens (tertiary/aromatic N) is 1. The molecule has 0 aliphatic heterocycles. The first-order valence-electron chi connectivity index (χ1n) is 4.60. The predicted molar refractivity (Wildman–Crippen MR) is 64.5 cm³/mol. The SMILES string of the molecule is CC(COc1ccc(Cl)c(Cl)c1)/C(N)=N/O. The number of hydrogen-bond donors (Lipinski definition) is 2. The molecule has 4 nitrogen and oxygen atoms in total. The Balaban J connectivity index is 2.58. The summed E-state index contributed by atoms with van der Waals surface area (Å²) in [4.78, 5) is 0. The van der Waals surface area contributed by atoms with Gasteiger partial charge in [0.05, 0.1) is 22.6 Å². The number of ether oxygens (including phenoxy) is 1. The quantitative estimate of drug-likeness (QED) is 0.380. The maximum atomic E-state index is 8.45. The Labute approximate surface area is 104 Å². The average molecular weight is 263 g/mol. The molecule has 0 spiro atoms. The lowest BCUT2D eigenvalue weighted by Gasteiger charge is -2.11. The van der Waals surface area contributed by atoms with Gasteiger partial charge in [0.25, 0.3) is 0 Å². The first-order valence-corrected chi connectivity index (χ1v) is 5.35. The minimum atomic E-state index is -0.181. The van der Waals surface area contributed by atoms with Gasteiger partial charge in [-0.25, -0.2) is 0 Å². The summed E-state index contributed by atoms with van der Waals surface area (Å²) in [5, 5.41) is 12.2. The number of halogens is 2. The van der Waals surface area contributed by atoms with Crippen LogP contribution in [-0.4, -0.2) is 17.6 Å². The van der Waals surface area contributed by atoms with E-state index in [-0.39, 0.29) is 11.8 Å². The molecule has 1 aromatic carbocycles. The van der Waals surface area contributed by atoms with Crippen LogP contribution in [0, 0.1) is 5.92 Å². The summed E-state index contributed by atoms with van der Waals surface area (Å²) in [6.45, 7) is 2.08. The molecule has 6 heteroatoms. The Hall–Kier alpha value is -1.13. The number of nitrogens with two attached hydrogens (primary N) is 1. The van der Waals surface area contributed by atoms with Crippen molar-refractivity contribution in [2.45, 2.75) is 6.92 Å². The highest BCUT2D eigenvalue weighted by Gasteiger charge is 2.09. The Morgan fingerprint density at radius 1 is 1.50 bits per heavy atom. The van der Waals surface area contributed by atoms with Crippen LogP contribution in [0.2, 0.25) is 10.0 Å². The van der Waals surface area contributed by atoms with Gasteiger partial charge in [-0.1, -0.05) is 35.3 Å². The maximum Gasteiger partial charge on any atom is 0.145 e. The molecule has 1 aromatic rings. The van der Waals surface area contributed by atoms with Crippen molar-refractivity contribution in [1.82, 2.24) is 0 Å². The van der Waals surface area contributed by atoms with Gasteiger partial charge in [-0.2, -0.15) is 0 Å². The van der Waals surface area contributed by atoms with E-state index in [1.165, 1.54) is 0 Å². The molecule has 0 fully saturated rings. The van der Waals surface area contributed by atoms with Crippen molar-refractivity contribution in [2.75, 3.05) is 6.61 Å². The lowest BCUT2D eigenvalue weighted by Crippen LogP contribution is -2.26. The van der Waals surface area contributed by atoms with E-state index in [1.54, 1.807) is 25.1 Å². The van der Waals surface area contributed by atoms with Gasteiger partial charge in [0.1, 0.15) is 11.6 Å². The highest BCUT2D eigenvalue weighted by atomic mass is 35.5. The van der Waals surface area contributed by atoms with Crippen molar-refractivity contribution in [3.8, 4) is 5.75 Å². The van der Waals surface area contributed by atoms with E-state index >= 15 is 0 Å². The van der Waals surface area contributed by atoms with Crippen LogP contribution in [0.25, 0.3) is 0 Å². The topological polar surface area (TPSA) is 67.8 Å². The zero-order valence-electron chi connectivity index (χ0n) is 8.65. The highest BCUT2D eigenvalue weighted by molar-refractivity contribution is 6.42. The van der Waals surface area contributed by atoms with E-state index in [9.17, 15) is 0 Å². The Kier molecular flexibility index (Phi) is 4.71. The molecule has 0 radical (unpaired) electrons. The molecule has 3 N–H and O–H groups in total. The van der Waals surface area contributed by atoms with Crippen LogP contribution in [0.5, 0.6) is 5.75 Å². The van der Waals surface area contributed by atoms with Gasteiger partial charge in [-0.3, -0.25) is 0 Å². The van der Waals surface area contributed by atoms with E-state index in [2.05, 4.69) is 5.16 Å². The second kappa shape index (κ2) is 5.82. The fourth-order valence-electron chi connectivity index (χ4n) is 0.972. The van der Waals surface area contributed by atoms with Gasteiger partial charge >= 0.3 is 0 Å². The third kappa shape index (κ3) is 3.47. The van der Waals surface area contributed by atoms with Crippen molar-refractivity contribution in [1.29, 1.82) is 0 Å². The van der Waals surface area contributed by atoms with Crippen LogP contribution >= 0.6 is 23.2 Å². The van der Waals surface area contributed by atoms with Crippen LogP contribution in [0.4, 0.5) is 0 Å². The molecule has 0 aliphatic rings. The van der Waals surface area contributed by atoms with Gasteiger partial charge in [-0.15, -0.1) is 0 Å². The van der Waals surface area contributed by atoms with Crippen molar-refractivity contribution < 1.29 is 9.94 Å². The molecule has 0 saturated carbocycles. The summed E-state index contributed by atoms with van der Waals surface area (Å²) in [5.74, 6) is 0.534. The summed E-state index contributed by atoms with van der Waals surface area (Å²) < 4.78 is 5.41. The number of benzene rings is 1. The lowest BCUT2D eigenvalue weighted by molar-refractivity contribution is 0.279. The number of amidine groups is 1. The van der Waals surface area contributed by atoms with Crippen molar-refractivity contribution in [3.63, 3.8) is 0 Å². The molecule has 0 saturated heterocycles. The number of oxime groups is 1. The zero-order chi connectivity index (χ0) is 12.1. The van der Waals surface area contributed by atoms with Crippen LogP contribution in [0.15, 0.2) is 23.4 Å². The Bertz CT molecular complexity index is 396. The van der Waals surface area contributed by atoms with Crippen LogP contribution in [0.1, 0.15) is 6.92 Å². The fraction of sp³-hybridized carbons (Fsp3) is 0.300. The predicted octanol–water partition coefficient (Wildman–Crippen LogP) is 2.75. The standard InChI is InChI=1S/C10H12Cl2N2O2/c1-6(10(13)14-15)5-16-7-2-3-8(11)9(12)4-7/h2-4,6,15H,5H2,1H3,(H2,13,14). The van der Waals surface area contributed by atoms with Crippen LogP contribution in [-0.2, 0) is 0 Å². The van der Waals surface area contributed by atoms with Crippen LogP contribution in [0.3, 0.4) is 0 Å². The summed E-state index contributed by atoms with van der Waals surface area (Å²) in [5.41, 5.74) is 5.41. The number of hydrogen-bond acceptors (Lipinski definition) is 3. The molecule has 1 atom stereocenters. The first kappa shape index (κ1) is 12.9. The van der Waals surface area contributed by atoms with Gasteiger partial charge in [-0.05, 0) is 12.1 Å². The molecule has 0 aromatic heterocycles. The average Bonchev–Trinajstić information content (AvgIpc) is 2.29. The molecule has 16 heavy (non-hydrogen) atoms. The van der Waals surface area contributed by atoms with Crippen molar-refractivity contribution >= 4 is 29.0 Å². The molecule has 0 amide bonds. The van der Waals surface area contributed by atoms with Gasteiger partial charge < -0.3 is 15.7 Å². The molecule has 0 aliphatic carbocycles. The Morgan fingerprint density at radius 3 is 2.75 bits per heavy atom. The zero-order valence-corrected chi connectivity index (χ0v) is 10.2. The normalized spacial score (nSPS) is 13.6. The number of rotatable bonds is 4. The summed E-state index contributed by atoms with van der Waals surface area (Å²) in [6, 6.07) is 4.96. The van der Waals surface area contributed by atoms with E-state index in [1.807, 2.05) is 0 Å². The third-order valence-corrected chi connectivity index (χ3v) is 2.75. The molecule has 0 bridgehead atoms. The summed E-state index contributed by atoms with van der Waals surface area (Å²) >= 11 is 11.6. The minimum Gasteiger partial charge on any atom is -0.493 e. The maximum absolute atomic E-state index is 8.45. The van der Waals surface area contributed by atoms with E-state index in [0.29, 0.717) is 22.4 Å². The smallest absolute Gasteiger partial charge is 0.145 e. The minimum absolute atomic E-state index is 0.125. The van der Waals surface area contributed by atoms with E-state index < -0.39 is 0 Å². The van der Waals surface area contributed by atoms with Crippen LogP contribution < -0.4 is 10.5 Å². The Morgan fingerprint density at radius 2 is 2.19 bits per heavy atom. The largest absolute Gasteiger partial charge is 0.493 e.